The molecule has 3 fully saturated rings. The van der Waals surface area contributed by atoms with Gasteiger partial charge in [0, 0.05) is 27.9 Å². The van der Waals surface area contributed by atoms with Crippen LogP contribution in [0.15, 0.2) is 24.3 Å². The summed E-state index contributed by atoms with van der Waals surface area (Å²) in [6, 6.07) is 6.89. The van der Waals surface area contributed by atoms with Gasteiger partial charge in [0.1, 0.15) is 12.2 Å². The van der Waals surface area contributed by atoms with Crippen LogP contribution >= 0.6 is 22.6 Å². The van der Waals surface area contributed by atoms with Crippen molar-refractivity contribution < 1.29 is 14.7 Å². The number of alkyl halides is 1. The highest BCUT2D eigenvalue weighted by molar-refractivity contribution is 14.1. The molecule has 0 amide bonds. The Morgan fingerprint density at radius 1 is 1.16 bits per heavy atom. The molecule has 5 nitrogen and oxygen atoms in total. The summed E-state index contributed by atoms with van der Waals surface area (Å²) in [5.74, 6) is 1.36. The third-order valence-corrected chi connectivity index (χ3v) is 6.33. The molecule has 0 N–H and O–H groups in total. The maximum absolute atomic E-state index is 10.7. The second kappa shape index (κ2) is 4.13. The number of nitro groups is 1. The van der Waals surface area contributed by atoms with Gasteiger partial charge in [-0.25, -0.2) is 9.78 Å². The van der Waals surface area contributed by atoms with Crippen molar-refractivity contribution in [1.29, 1.82) is 0 Å². The van der Waals surface area contributed by atoms with E-state index in [1.807, 2.05) is 12.1 Å². The zero-order chi connectivity index (χ0) is 13.1. The minimum atomic E-state index is -0.364. The van der Waals surface area contributed by atoms with E-state index in [9.17, 15) is 10.1 Å². The number of benzene rings is 1. The fourth-order valence-corrected chi connectivity index (χ4v) is 5.27. The van der Waals surface area contributed by atoms with Crippen LogP contribution in [0.25, 0.3) is 0 Å². The Labute approximate surface area is 123 Å². The Kier molecular flexibility index (Phi) is 2.62. The van der Waals surface area contributed by atoms with Crippen molar-refractivity contribution in [3.63, 3.8) is 0 Å². The number of halogens is 1. The fraction of sp³-hybridized carbons (Fsp3) is 0.538. The van der Waals surface area contributed by atoms with Crippen molar-refractivity contribution in [2.45, 2.75) is 28.5 Å². The maximum Gasteiger partial charge on any atom is 0.269 e. The number of nitrogens with zero attached hydrogens (tertiary/aromatic N) is 1. The standard InChI is InChI=1S/C13H12INO4/c14-11-8-5-9-12(18-19-13(9)11)10(8)6-1-3-7(4-2-6)15(16)17/h1-4,8-13H,5H2/t8-,9-,10-,11-,12+,13+/m1/s1. The zero-order valence-electron chi connectivity index (χ0n) is 9.94. The van der Waals surface area contributed by atoms with Gasteiger partial charge in [-0.15, -0.1) is 0 Å². The minimum Gasteiger partial charge on any atom is -0.258 e. The van der Waals surface area contributed by atoms with Gasteiger partial charge in [0.15, 0.2) is 0 Å². The molecular weight excluding hydrogens is 361 g/mol. The summed E-state index contributed by atoms with van der Waals surface area (Å²) in [6.45, 7) is 0. The average Bonchev–Trinajstić information content (AvgIpc) is 3.01. The van der Waals surface area contributed by atoms with Gasteiger partial charge in [0.2, 0.25) is 0 Å². The highest BCUT2D eigenvalue weighted by atomic mass is 127. The van der Waals surface area contributed by atoms with Gasteiger partial charge in [-0.1, -0.05) is 34.7 Å². The first-order valence-corrected chi connectivity index (χ1v) is 7.62. The summed E-state index contributed by atoms with van der Waals surface area (Å²) in [6.07, 6.45) is 1.51. The van der Waals surface area contributed by atoms with Crippen LogP contribution < -0.4 is 0 Å². The van der Waals surface area contributed by atoms with Crippen molar-refractivity contribution in [2.24, 2.45) is 11.8 Å². The van der Waals surface area contributed by atoms with E-state index in [1.165, 1.54) is 0 Å². The van der Waals surface area contributed by atoms with E-state index in [0.29, 0.717) is 21.7 Å². The van der Waals surface area contributed by atoms with Gasteiger partial charge >= 0.3 is 0 Å². The number of non-ortho nitro benzene ring substituents is 1. The maximum atomic E-state index is 10.7. The van der Waals surface area contributed by atoms with Crippen LogP contribution in [-0.2, 0) is 9.78 Å². The number of fused-ring (bicyclic) bond motifs is 1. The van der Waals surface area contributed by atoms with E-state index in [-0.39, 0.29) is 22.8 Å². The smallest absolute Gasteiger partial charge is 0.258 e. The molecule has 1 aromatic rings. The van der Waals surface area contributed by atoms with Gasteiger partial charge in [-0.05, 0) is 17.9 Å². The van der Waals surface area contributed by atoms with Crippen LogP contribution in [-0.4, -0.2) is 21.1 Å². The average molecular weight is 373 g/mol. The Morgan fingerprint density at radius 3 is 2.53 bits per heavy atom. The molecular formula is C13H12INO4. The predicted octanol–water partition coefficient (Wildman–Crippen LogP) is 2.83. The van der Waals surface area contributed by atoms with Crippen molar-refractivity contribution >= 4 is 28.3 Å². The summed E-state index contributed by atoms with van der Waals surface area (Å²) >= 11 is 2.46. The van der Waals surface area contributed by atoms with Crippen LogP contribution in [0.4, 0.5) is 5.69 Å². The number of nitro benzene ring substituents is 1. The lowest BCUT2D eigenvalue weighted by atomic mass is 9.80. The molecule has 2 bridgehead atoms. The molecule has 1 aliphatic heterocycles. The highest BCUT2D eigenvalue weighted by Crippen LogP contribution is 2.60. The molecule has 2 aliphatic carbocycles. The highest BCUT2D eigenvalue weighted by Gasteiger charge is 2.63. The van der Waals surface area contributed by atoms with Gasteiger partial charge in [-0.3, -0.25) is 10.1 Å². The molecule has 100 valence electrons. The van der Waals surface area contributed by atoms with Crippen molar-refractivity contribution in [2.75, 3.05) is 0 Å². The summed E-state index contributed by atoms with van der Waals surface area (Å²) in [7, 11) is 0. The third kappa shape index (κ3) is 1.59. The molecule has 3 aliphatic rings. The minimum absolute atomic E-state index is 0.127. The zero-order valence-corrected chi connectivity index (χ0v) is 12.1. The Hall–Kier alpha value is -0.730. The molecule has 0 spiro atoms. The monoisotopic (exact) mass is 373 g/mol. The third-order valence-electron chi connectivity index (χ3n) is 4.69. The molecule has 1 aromatic carbocycles. The van der Waals surface area contributed by atoms with Crippen molar-refractivity contribution in [3.8, 4) is 0 Å². The normalized spacial score (nSPS) is 42.8. The molecule has 1 saturated heterocycles. The second-order valence-corrected chi connectivity index (χ2v) is 6.94. The van der Waals surface area contributed by atoms with E-state index in [2.05, 4.69) is 22.6 Å². The van der Waals surface area contributed by atoms with Crippen LogP contribution in [0.2, 0.25) is 0 Å². The lowest BCUT2D eigenvalue weighted by Crippen LogP contribution is -2.34. The van der Waals surface area contributed by atoms with Crippen molar-refractivity contribution in [1.82, 2.24) is 0 Å². The van der Waals surface area contributed by atoms with Gasteiger partial charge in [-0.2, -0.15) is 0 Å². The molecule has 0 aromatic heterocycles. The molecule has 6 atom stereocenters. The van der Waals surface area contributed by atoms with E-state index in [0.717, 1.165) is 12.0 Å². The molecule has 4 rings (SSSR count). The van der Waals surface area contributed by atoms with Crippen LogP contribution in [0.5, 0.6) is 0 Å². The summed E-state index contributed by atoms with van der Waals surface area (Å²) < 4.78 is 0.474. The van der Waals surface area contributed by atoms with E-state index in [4.69, 9.17) is 9.78 Å². The first kappa shape index (κ1) is 12.0. The molecule has 0 unspecified atom stereocenters. The predicted molar refractivity (Wildman–Crippen MR) is 75.0 cm³/mol. The Morgan fingerprint density at radius 2 is 1.84 bits per heavy atom. The summed E-state index contributed by atoms with van der Waals surface area (Å²) in [5.41, 5.74) is 1.27. The van der Waals surface area contributed by atoms with Gasteiger partial charge in [0.05, 0.1) is 4.92 Å². The summed E-state index contributed by atoms with van der Waals surface area (Å²) in [4.78, 5) is 21.3. The quantitative estimate of drug-likeness (QED) is 0.263. The lowest BCUT2D eigenvalue weighted by Gasteiger charge is -2.28. The van der Waals surface area contributed by atoms with Crippen LogP contribution in [0, 0.1) is 22.0 Å². The topological polar surface area (TPSA) is 61.6 Å². The first-order chi connectivity index (χ1) is 9.16. The number of hydrogen-bond donors (Lipinski definition) is 0. The Balaban J connectivity index is 1.68. The van der Waals surface area contributed by atoms with Gasteiger partial charge in [0.25, 0.3) is 5.69 Å². The lowest BCUT2D eigenvalue weighted by molar-refractivity contribution is -0.384. The number of rotatable bonds is 2. The molecule has 0 radical (unpaired) electrons. The van der Waals surface area contributed by atoms with Crippen molar-refractivity contribution in [3.05, 3.63) is 39.9 Å². The van der Waals surface area contributed by atoms with Crippen LogP contribution in [0.3, 0.4) is 0 Å². The molecule has 2 saturated carbocycles. The van der Waals surface area contributed by atoms with Crippen LogP contribution in [0.1, 0.15) is 17.9 Å². The first-order valence-electron chi connectivity index (χ1n) is 6.37. The van der Waals surface area contributed by atoms with Gasteiger partial charge < -0.3 is 0 Å². The number of hydrogen-bond acceptors (Lipinski definition) is 4. The molecule has 19 heavy (non-hydrogen) atoms. The molecule has 6 heteroatoms. The Bertz CT molecular complexity index is 534. The second-order valence-electron chi connectivity index (χ2n) is 5.50. The summed E-state index contributed by atoms with van der Waals surface area (Å²) in [5, 5.41) is 10.7. The van der Waals surface area contributed by atoms with E-state index in [1.54, 1.807) is 12.1 Å². The van der Waals surface area contributed by atoms with E-state index >= 15 is 0 Å². The fourth-order valence-electron chi connectivity index (χ4n) is 3.87. The SMILES string of the molecule is O=[N+]([O-])c1ccc([C@@H]2[C@H]3C[C@H]4[C@H](OO[C@@H]42)[C@@H]3I)cc1. The van der Waals surface area contributed by atoms with E-state index < -0.39 is 0 Å². The molecule has 1 heterocycles. The largest absolute Gasteiger partial charge is 0.269 e.